The predicted octanol–water partition coefficient (Wildman–Crippen LogP) is 3.04. The van der Waals surface area contributed by atoms with Crippen LogP contribution in [0.1, 0.15) is 11.1 Å². The molecule has 2 aromatic carbocycles. The molecule has 112 valence electrons. The zero-order valence-corrected chi connectivity index (χ0v) is 14.2. The van der Waals surface area contributed by atoms with Gasteiger partial charge in [0.2, 0.25) is 10.0 Å². The second-order valence-corrected chi connectivity index (χ2v) is 7.41. The lowest BCUT2D eigenvalue weighted by Gasteiger charge is -2.08. The SMILES string of the molecule is NS(=O)(=O)c1ccc(CNCc2ccc(Br)cc2Cl)cc1. The standard InChI is InChI=1S/C14H14BrClN2O2S/c15-12-4-3-11(14(16)7-12)9-18-8-10-1-5-13(6-2-10)21(17,19)20/h1-7,18H,8-9H2,(H2,17,19,20). The van der Waals surface area contributed by atoms with Gasteiger partial charge in [-0.05, 0) is 35.4 Å². The van der Waals surface area contributed by atoms with Gasteiger partial charge in [-0.15, -0.1) is 0 Å². The number of rotatable bonds is 5. The maximum atomic E-state index is 11.2. The first-order valence-corrected chi connectivity index (χ1v) is 8.84. The predicted molar refractivity (Wildman–Crippen MR) is 87.5 cm³/mol. The van der Waals surface area contributed by atoms with E-state index in [9.17, 15) is 8.42 Å². The van der Waals surface area contributed by atoms with E-state index in [-0.39, 0.29) is 4.90 Å². The van der Waals surface area contributed by atoms with Crippen molar-refractivity contribution >= 4 is 37.6 Å². The summed E-state index contributed by atoms with van der Waals surface area (Å²) in [6, 6.07) is 12.2. The fraction of sp³-hybridized carbons (Fsp3) is 0.143. The highest BCUT2D eigenvalue weighted by Crippen LogP contribution is 2.21. The van der Waals surface area contributed by atoms with Crippen LogP contribution in [0.3, 0.4) is 0 Å². The van der Waals surface area contributed by atoms with Crippen LogP contribution in [-0.4, -0.2) is 8.42 Å². The van der Waals surface area contributed by atoms with Gasteiger partial charge in [0.25, 0.3) is 0 Å². The molecule has 0 aromatic heterocycles. The second kappa shape index (κ2) is 6.89. The lowest BCUT2D eigenvalue weighted by molar-refractivity contribution is 0.597. The summed E-state index contributed by atoms with van der Waals surface area (Å²) in [6.45, 7) is 1.24. The Morgan fingerprint density at radius 3 is 2.33 bits per heavy atom. The molecule has 2 aromatic rings. The molecule has 0 unspecified atom stereocenters. The number of sulfonamides is 1. The molecule has 0 saturated carbocycles. The van der Waals surface area contributed by atoms with Gasteiger partial charge in [-0.1, -0.05) is 45.7 Å². The van der Waals surface area contributed by atoms with Crippen LogP contribution >= 0.6 is 27.5 Å². The number of primary sulfonamides is 1. The van der Waals surface area contributed by atoms with Gasteiger partial charge in [0.15, 0.2) is 0 Å². The summed E-state index contributed by atoms with van der Waals surface area (Å²) in [4.78, 5) is 0.113. The van der Waals surface area contributed by atoms with Crippen molar-refractivity contribution in [2.24, 2.45) is 5.14 Å². The quantitative estimate of drug-likeness (QED) is 0.825. The molecule has 3 N–H and O–H groups in total. The highest BCUT2D eigenvalue weighted by molar-refractivity contribution is 9.10. The molecular weight excluding hydrogens is 376 g/mol. The van der Waals surface area contributed by atoms with Gasteiger partial charge in [0, 0.05) is 22.6 Å². The maximum absolute atomic E-state index is 11.2. The Kier molecular flexibility index (Phi) is 5.40. The largest absolute Gasteiger partial charge is 0.309 e. The van der Waals surface area contributed by atoms with Crippen molar-refractivity contribution in [1.29, 1.82) is 0 Å². The molecule has 0 bridgehead atoms. The fourth-order valence-electron chi connectivity index (χ4n) is 1.80. The highest BCUT2D eigenvalue weighted by atomic mass is 79.9. The minimum atomic E-state index is -3.64. The summed E-state index contributed by atoms with van der Waals surface area (Å²) in [6.07, 6.45) is 0. The molecule has 0 heterocycles. The fourth-order valence-corrected chi connectivity index (χ4v) is 3.06. The van der Waals surface area contributed by atoms with Crippen LogP contribution in [0.25, 0.3) is 0 Å². The van der Waals surface area contributed by atoms with E-state index in [1.165, 1.54) is 12.1 Å². The topological polar surface area (TPSA) is 72.2 Å². The summed E-state index contributed by atoms with van der Waals surface area (Å²) in [5.74, 6) is 0. The first-order chi connectivity index (χ1) is 9.86. The zero-order chi connectivity index (χ0) is 15.5. The number of nitrogens with one attached hydrogen (secondary N) is 1. The van der Waals surface area contributed by atoms with Crippen molar-refractivity contribution in [2.45, 2.75) is 18.0 Å². The number of hydrogen-bond acceptors (Lipinski definition) is 3. The van der Waals surface area contributed by atoms with E-state index in [2.05, 4.69) is 21.2 Å². The monoisotopic (exact) mass is 388 g/mol. The minimum absolute atomic E-state index is 0.113. The average Bonchev–Trinajstić information content (AvgIpc) is 2.41. The second-order valence-electron chi connectivity index (χ2n) is 4.53. The van der Waals surface area contributed by atoms with Gasteiger partial charge in [0.05, 0.1) is 4.90 Å². The number of benzene rings is 2. The highest BCUT2D eigenvalue weighted by Gasteiger charge is 2.06. The van der Waals surface area contributed by atoms with Crippen LogP contribution in [0.2, 0.25) is 5.02 Å². The third-order valence-corrected chi connectivity index (χ3v) is 4.69. The number of halogens is 2. The van der Waals surface area contributed by atoms with Crippen molar-refractivity contribution in [1.82, 2.24) is 5.32 Å². The van der Waals surface area contributed by atoms with Crippen LogP contribution in [0.15, 0.2) is 51.8 Å². The molecular formula is C14H14BrClN2O2S. The lowest BCUT2D eigenvalue weighted by atomic mass is 10.2. The number of nitrogens with two attached hydrogens (primary N) is 1. The van der Waals surface area contributed by atoms with E-state index in [1.54, 1.807) is 12.1 Å². The third kappa shape index (κ3) is 4.79. The Bertz CT molecular complexity index is 733. The summed E-state index contributed by atoms with van der Waals surface area (Å²) < 4.78 is 23.2. The molecule has 0 fully saturated rings. The van der Waals surface area contributed by atoms with Crippen LogP contribution in [0.5, 0.6) is 0 Å². The summed E-state index contributed by atoms with van der Waals surface area (Å²) >= 11 is 9.49. The van der Waals surface area contributed by atoms with Crippen molar-refractivity contribution in [3.8, 4) is 0 Å². The molecule has 4 nitrogen and oxygen atoms in total. The number of hydrogen-bond donors (Lipinski definition) is 2. The van der Waals surface area contributed by atoms with Crippen molar-refractivity contribution < 1.29 is 8.42 Å². The summed E-state index contributed by atoms with van der Waals surface area (Å²) in [5, 5.41) is 9.00. The molecule has 0 aliphatic heterocycles. The lowest BCUT2D eigenvalue weighted by Crippen LogP contribution is -2.14. The van der Waals surface area contributed by atoms with Crippen LogP contribution in [-0.2, 0) is 23.1 Å². The first kappa shape index (κ1) is 16.5. The molecule has 0 spiro atoms. The molecule has 0 aliphatic carbocycles. The van der Waals surface area contributed by atoms with E-state index in [4.69, 9.17) is 16.7 Å². The first-order valence-electron chi connectivity index (χ1n) is 6.12. The molecule has 0 atom stereocenters. The van der Waals surface area contributed by atoms with Gasteiger partial charge < -0.3 is 5.32 Å². The van der Waals surface area contributed by atoms with E-state index >= 15 is 0 Å². The van der Waals surface area contributed by atoms with E-state index < -0.39 is 10.0 Å². The van der Waals surface area contributed by atoms with Crippen molar-refractivity contribution in [2.75, 3.05) is 0 Å². The molecule has 0 radical (unpaired) electrons. The van der Waals surface area contributed by atoms with Crippen molar-refractivity contribution in [3.63, 3.8) is 0 Å². The van der Waals surface area contributed by atoms with Gasteiger partial charge in [-0.25, -0.2) is 13.6 Å². The van der Waals surface area contributed by atoms with Gasteiger partial charge >= 0.3 is 0 Å². The van der Waals surface area contributed by atoms with Crippen LogP contribution < -0.4 is 10.5 Å². The zero-order valence-electron chi connectivity index (χ0n) is 11.0. The van der Waals surface area contributed by atoms with Crippen molar-refractivity contribution in [3.05, 3.63) is 63.1 Å². The van der Waals surface area contributed by atoms with E-state index in [1.807, 2.05) is 18.2 Å². The Morgan fingerprint density at radius 2 is 1.76 bits per heavy atom. The Morgan fingerprint density at radius 1 is 1.10 bits per heavy atom. The van der Waals surface area contributed by atoms with Crippen LogP contribution in [0.4, 0.5) is 0 Å². The van der Waals surface area contributed by atoms with Gasteiger partial charge in [-0.2, -0.15) is 0 Å². The molecule has 2 rings (SSSR count). The molecule has 21 heavy (non-hydrogen) atoms. The summed E-state index contributed by atoms with van der Waals surface area (Å²) in [5.41, 5.74) is 1.97. The normalized spacial score (nSPS) is 11.6. The Balaban J connectivity index is 1.94. The Labute approximate surface area is 137 Å². The van der Waals surface area contributed by atoms with E-state index in [0.717, 1.165) is 15.6 Å². The van der Waals surface area contributed by atoms with Gasteiger partial charge in [-0.3, -0.25) is 0 Å². The van der Waals surface area contributed by atoms with Gasteiger partial charge in [0.1, 0.15) is 0 Å². The van der Waals surface area contributed by atoms with Crippen LogP contribution in [0, 0.1) is 0 Å². The third-order valence-electron chi connectivity index (χ3n) is 2.91. The Hall–Kier alpha value is -0.920. The minimum Gasteiger partial charge on any atom is -0.309 e. The molecule has 7 heteroatoms. The summed E-state index contributed by atoms with van der Waals surface area (Å²) in [7, 11) is -3.64. The van der Waals surface area contributed by atoms with E-state index in [0.29, 0.717) is 18.1 Å². The smallest absolute Gasteiger partial charge is 0.238 e. The average molecular weight is 390 g/mol. The molecule has 0 saturated heterocycles. The molecule has 0 amide bonds. The maximum Gasteiger partial charge on any atom is 0.238 e. The molecule has 0 aliphatic rings.